The number of carbonyl (C=O) groups is 2. The highest BCUT2D eigenvalue weighted by molar-refractivity contribution is 5.92. The van der Waals surface area contributed by atoms with Crippen LogP contribution in [-0.4, -0.2) is 69.2 Å². The molecule has 2 fully saturated rings. The first-order valence-electron chi connectivity index (χ1n) is 9.90. The minimum absolute atomic E-state index is 0.00343. The highest BCUT2D eigenvalue weighted by atomic mass is 16.5. The number of benzene rings is 1. The van der Waals surface area contributed by atoms with Crippen LogP contribution in [0.2, 0.25) is 0 Å². The Morgan fingerprint density at radius 1 is 1.11 bits per heavy atom. The van der Waals surface area contributed by atoms with Crippen LogP contribution in [0.4, 0.5) is 11.4 Å². The van der Waals surface area contributed by atoms with E-state index in [1.165, 1.54) is 5.69 Å². The zero-order chi connectivity index (χ0) is 19.1. The summed E-state index contributed by atoms with van der Waals surface area (Å²) in [5.74, 6) is -0.123. The van der Waals surface area contributed by atoms with Crippen molar-refractivity contribution in [2.75, 3.05) is 62.6 Å². The fourth-order valence-corrected chi connectivity index (χ4v) is 3.67. The summed E-state index contributed by atoms with van der Waals surface area (Å²) in [6.45, 7) is 8.07. The molecule has 1 amide bonds. The van der Waals surface area contributed by atoms with Gasteiger partial charge in [-0.1, -0.05) is 0 Å². The Labute approximate surface area is 161 Å². The molecule has 0 radical (unpaired) electrons. The van der Waals surface area contributed by atoms with Crippen LogP contribution >= 0.6 is 0 Å². The van der Waals surface area contributed by atoms with E-state index in [2.05, 4.69) is 32.6 Å². The van der Waals surface area contributed by atoms with E-state index < -0.39 is 0 Å². The smallest absolute Gasteiger partial charge is 0.320 e. The van der Waals surface area contributed by atoms with Crippen molar-refractivity contribution in [1.82, 2.24) is 10.2 Å². The normalized spacial score (nSPS) is 18.9. The lowest BCUT2D eigenvalue weighted by atomic mass is 9.96. The Morgan fingerprint density at radius 2 is 1.78 bits per heavy atom. The summed E-state index contributed by atoms with van der Waals surface area (Å²) in [6, 6.07) is 8.10. The number of hydrogen-bond donors (Lipinski definition) is 2. The zero-order valence-electron chi connectivity index (χ0n) is 16.1. The Hall–Kier alpha value is -2.12. The number of carbonyl (C=O) groups excluding carboxylic acids is 2. The SMILES string of the molecule is CCOC(=O)CN1CCC(C(=O)Nc2ccc(N3CCNCC3)cc2)CC1. The zero-order valence-corrected chi connectivity index (χ0v) is 16.1. The predicted molar refractivity (Wildman–Crippen MR) is 106 cm³/mol. The van der Waals surface area contributed by atoms with Gasteiger partial charge in [0.25, 0.3) is 0 Å². The molecular weight excluding hydrogens is 344 g/mol. The first-order valence-corrected chi connectivity index (χ1v) is 9.90. The number of esters is 1. The van der Waals surface area contributed by atoms with Gasteiger partial charge in [-0.3, -0.25) is 14.5 Å². The summed E-state index contributed by atoms with van der Waals surface area (Å²) < 4.78 is 4.98. The van der Waals surface area contributed by atoms with Gasteiger partial charge >= 0.3 is 5.97 Å². The van der Waals surface area contributed by atoms with E-state index in [1.807, 2.05) is 19.1 Å². The molecule has 2 aliphatic rings. The fraction of sp³-hybridized carbons (Fsp3) is 0.600. The molecule has 148 valence electrons. The molecule has 7 heteroatoms. The van der Waals surface area contributed by atoms with E-state index in [0.717, 1.165) is 57.8 Å². The van der Waals surface area contributed by atoms with Crippen LogP contribution in [0.3, 0.4) is 0 Å². The van der Waals surface area contributed by atoms with Gasteiger partial charge in [0, 0.05) is 43.5 Å². The fourth-order valence-electron chi connectivity index (χ4n) is 3.67. The topological polar surface area (TPSA) is 73.9 Å². The molecule has 0 atom stereocenters. The number of piperidine rings is 1. The molecule has 2 heterocycles. The molecule has 27 heavy (non-hydrogen) atoms. The quantitative estimate of drug-likeness (QED) is 0.732. The molecule has 1 aromatic rings. The third-order valence-corrected chi connectivity index (χ3v) is 5.23. The summed E-state index contributed by atoms with van der Waals surface area (Å²) >= 11 is 0. The predicted octanol–water partition coefficient (Wildman–Crippen LogP) is 1.31. The third-order valence-electron chi connectivity index (χ3n) is 5.23. The number of hydrogen-bond acceptors (Lipinski definition) is 6. The van der Waals surface area contributed by atoms with E-state index in [1.54, 1.807) is 0 Å². The van der Waals surface area contributed by atoms with Crippen molar-refractivity contribution >= 4 is 23.3 Å². The van der Waals surface area contributed by atoms with Crippen molar-refractivity contribution < 1.29 is 14.3 Å². The van der Waals surface area contributed by atoms with E-state index in [-0.39, 0.29) is 17.8 Å². The second-order valence-electron chi connectivity index (χ2n) is 7.13. The number of amides is 1. The molecule has 2 saturated heterocycles. The number of ether oxygens (including phenoxy) is 1. The number of likely N-dealkylation sites (tertiary alicyclic amines) is 1. The van der Waals surface area contributed by atoms with Crippen LogP contribution < -0.4 is 15.5 Å². The minimum Gasteiger partial charge on any atom is -0.465 e. The average molecular weight is 374 g/mol. The van der Waals surface area contributed by atoms with Crippen LogP contribution in [0.1, 0.15) is 19.8 Å². The third kappa shape index (κ3) is 5.68. The van der Waals surface area contributed by atoms with Crippen LogP contribution in [0.15, 0.2) is 24.3 Å². The van der Waals surface area contributed by atoms with Crippen molar-refractivity contribution in [2.45, 2.75) is 19.8 Å². The maximum atomic E-state index is 12.5. The maximum Gasteiger partial charge on any atom is 0.320 e. The van der Waals surface area contributed by atoms with Gasteiger partial charge in [0.05, 0.1) is 13.2 Å². The number of nitrogens with zero attached hydrogens (tertiary/aromatic N) is 2. The van der Waals surface area contributed by atoms with Gasteiger partial charge in [0.2, 0.25) is 5.91 Å². The Morgan fingerprint density at radius 3 is 2.41 bits per heavy atom. The Bertz CT molecular complexity index is 621. The average Bonchev–Trinajstić information content (AvgIpc) is 2.70. The maximum absolute atomic E-state index is 12.5. The van der Waals surface area contributed by atoms with E-state index >= 15 is 0 Å². The molecule has 0 saturated carbocycles. The van der Waals surface area contributed by atoms with Gasteiger partial charge in [0.15, 0.2) is 0 Å². The first-order chi connectivity index (χ1) is 13.2. The van der Waals surface area contributed by atoms with Gasteiger partial charge in [-0.25, -0.2) is 0 Å². The number of piperazine rings is 1. The minimum atomic E-state index is -0.190. The molecule has 0 aliphatic carbocycles. The molecule has 7 nitrogen and oxygen atoms in total. The Kier molecular flexibility index (Phi) is 7.06. The molecule has 0 aromatic heterocycles. The van der Waals surface area contributed by atoms with E-state index in [9.17, 15) is 9.59 Å². The summed E-state index contributed by atoms with van der Waals surface area (Å²) in [5.41, 5.74) is 2.04. The molecule has 3 rings (SSSR count). The lowest BCUT2D eigenvalue weighted by Gasteiger charge is -2.30. The van der Waals surface area contributed by atoms with Crippen LogP contribution in [0, 0.1) is 5.92 Å². The molecule has 0 spiro atoms. The molecule has 1 aromatic carbocycles. The van der Waals surface area contributed by atoms with Gasteiger partial charge < -0.3 is 20.3 Å². The molecule has 2 N–H and O–H groups in total. The van der Waals surface area contributed by atoms with Gasteiger partial charge in [-0.2, -0.15) is 0 Å². The van der Waals surface area contributed by atoms with Gasteiger partial charge in [-0.15, -0.1) is 0 Å². The summed E-state index contributed by atoms with van der Waals surface area (Å²) in [6.07, 6.45) is 1.54. The summed E-state index contributed by atoms with van der Waals surface area (Å²) in [5, 5.41) is 6.39. The van der Waals surface area contributed by atoms with Crippen molar-refractivity contribution in [3.05, 3.63) is 24.3 Å². The summed E-state index contributed by atoms with van der Waals surface area (Å²) in [7, 11) is 0. The summed E-state index contributed by atoms with van der Waals surface area (Å²) in [4.78, 5) is 28.5. The van der Waals surface area contributed by atoms with Crippen LogP contribution in [0.5, 0.6) is 0 Å². The number of anilines is 2. The van der Waals surface area contributed by atoms with Crippen molar-refractivity contribution in [2.24, 2.45) is 5.92 Å². The van der Waals surface area contributed by atoms with Gasteiger partial charge in [-0.05, 0) is 57.1 Å². The van der Waals surface area contributed by atoms with Crippen molar-refractivity contribution in [1.29, 1.82) is 0 Å². The molecule has 2 aliphatic heterocycles. The first kappa shape index (κ1) is 19.6. The monoisotopic (exact) mass is 374 g/mol. The number of rotatable bonds is 6. The lowest BCUT2D eigenvalue weighted by Crippen LogP contribution is -2.43. The molecule has 0 unspecified atom stereocenters. The standard InChI is InChI=1S/C20H30N4O3/c1-2-27-19(25)15-23-11-7-16(8-12-23)20(26)22-17-3-5-18(6-4-17)24-13-9-21-10-14-24/h3-6,16,21H,2,7-15H2,1H3,(H,22,26). The lowest BCUT2D eigenvalue weighted by molar-refractivity contribution is -0.144. The molecular formula is C20H30N4O3. The van der Waals surface area contributed by atoms with Crippen LogP contribution in [-0.2, 0) is 14.3 Å². The second kappa shape index (κ2) is 9.71. The highest BCUT2D eigenvalue weighted by Crippen LogP contribution is 2.22. The number of nitrogens with one attached hydrogen (secondary N) is 2. The van der Waals surface area contributed by atoms with Crippen molar-refractivity contribution in [3.8, 4) is 0 Å². The van der Waals surface area contributed by atoms with E-state index in [4.69, 9.17) is 4.74 Å². The second-order valence-corrected chi connectivity index (χ2v) is 7.13. The van der Waals surface area contributed by atoms with Gasteiger partial charge in [0.1, 0.15) is 0 Å². The van der Waals surface area contributed by atoms with Crippen LogP contribution in [0.25, 0.3) is 0 Å². The Balaban J connectivity index is 1.44. The highest BCUT2D eigenvalue weighted by Gasteiger charge is 2.26. The largest absolute Gasteiger partial charge is 0.465 e. The molecule has 0 bridgehead atoms. The van der Waals surface area contributed by atoms with E-state index in [0.29, 0.717) is 13.2 Å². The van der Waals surface area contributed by atoms with Crippen molar-refractivity contribution in [3.63, 3.8) is 0 Å².